The summed E-state index contributed by atoms with van der Waals surface area (Å²) in [7, 11) is 0. The van der Waals surface area contributed by atoms with Crippen molar-refractivity contribution in [2.45, 2.75) is 36.1 Å². The zero-order chi connectivity index (χ0) is 17.5. The summed E-state index contributed by atoms with van der Waals surface area (Å²) in [5.74, 6) is -0.201. The van der Waals surface area contributed by atoms with E-state index in [1.807, 2.05) is 31.2 Å². The van der Waals surface area contributed by atoms with Crippen molar-refractivity contribution in [3.63, 3.8) is 0 Å². The normalized spacial score (nSPS) is 12.4. The van der Waals surface area contributed by atoms with Crippen molar-refractivity contribution in [1.82, 2.24) is 10.6 Å². The van der Waals surface area contributed by atoms with Gasteiger partial charge in [-0.3, -0.25) is 4.79 Å². The second-order valence-electron chi connectivity index (χ2n) is 4.72. The molecule has 3 N–H and O–H groups in total. The molecule has 1 aromatic rings. The Hall–Kier alpha value is -0.0200. The fourth-order valence-corrected chi connectivity index (χ4v) is 2.70. The SMILES string of the molecule is CCCCC(=O)N[C@@H](NC(=S)Nc1ccccc1I)C(Cl)(Cl)Cl. The van der Waals surface area contributed by atoms with Gasteiger partial charge in [-0.25, -0.2) is 0 Å². The molecule has 0 aromatic heterocycles. The number of hydrogen-bond acceptors (Lipinski definition) is 2. The molecule has 1 aromatic carbocycles. The van der Waals surface area contributed by atoms with E-state index < -0.39 is 9.96 Å². The van der Waals surface area contributed by atoms with Gasteiger partial charge in [0.1, 0.15) is 6.17 Å². The molecule has 0 aliphatic heterocycles. The molecule has 23 heavy (non-hydrogen) atoms. The molecule has 0 aliphatic carbocycles. The zero-order valence-electron chi connectivity index (χ0n) is 12.3. The number of benzene rings is 1. The molecule has 0 saturated heterocycles. The van der Waals surface area contributed by atoms with E-state index in [2.05, 4.69) is 38.5 Å². The van der Waals surface area contributed by atoms with E-state index in [1.165, 1.54) is 0 Å². The van der Waals surface area contributed by atoms with Crippen LogP contribution in [0.3, 0.4) is 0 Å². The van der Waals surface area contributed by atoms with Crippen LogP contribution in [0.25, 0.3) is 0 Å². The average Bonchev–Trinajstić information content (AvgIpc) is 2.46. The number of hydrogen-bond donors (Lipinski definition) is 3. The third-order valence-corrected chi connectivity index (χ3v) is 4.60. The Labute approximate surface area is 170 Å². The number of carbonyl (C=O) groups excluding carboxylic acids is 1. The highest BCUT2D eigenvalue weighted by atomic mass is 127. The Kier molecular flexibility index (Phi) is 9.21. The summed E-state index contributed by atoms with van der Waals surface area (Å²) < 4.78 is -0.746. The van der Waals surface area contributed by atoms with Crippen LogP contribution in [-0.2, 0) is 4.79 Å². The maximum absolute atomic E-state index is 11.9. The number of nitrogens with one attached hydrogen (secondary N) is 3. The van der Waals surface area contributed by atoms with Gasteiger partial charge in [0.05, 0.1) is 5.69 Å². The van der Waals surface area contributed by atoms with Crippen LogP contribution in [0.2, 0.25) is 0 Å². The first-order valence-corrected chi connectivity index (χ1v) is 9.54. The summed E-state index contributed by atoms with van der Waals surface area (Å²) in [6.07, 6.45) is 1.11. The number of unbranched alkanes of at least 4 members (excludes halogenated alkanes) is 1. The van der Waals surface area contributed by atoms with E-state index in [4.69, 9.17) is 47.0 Å². The number of halogens is 4. The molecule has 0 saturated carbocycles. The maximum Gasteiger partial charge on any atom is 0.228 e. The number of thiocarbonyl (C=S) groups is 1. The second kappa shape index (κ2) is 10.1. The van der Waals surface area contributed by atoms with Gasteiger partial charge < -0.3 is 16.0 Å². The predicted molar refractivity (Wildman–Crippen MR) is 110 cm³/mol. The number of amides is 1. The minimum Gasteiger partial charge on any atom is -0.339 e. The molecule has 0 aliphatic rings. The van der Waals surface area contributed by atoms with Crippen LogP contribution in [0.1, 0.15) is 26.2 Å². The quantitative estimate of drug-likeness (QED) is 0.228. The third-order valence-electron chi connectivity index (χ3n) is 2.79. The van der Waals surface area contributed by atoms with Crippen molar-refractivity contribution in [3.05, 3.63) is 27.8 Å². The molecule has 1 atom stereocenters. The molecule has 0 bridgehead atoms. The van der Waals surface area contributed by atoms with Gasteiger partial charge in [0.25, 0.3) is 0 Å². The molecule has 0 radical (unpaired) electrons. The van der Waals surface area contributed by atoms with Gasteiger partial charge in [0, 0.05) is 9.99 Å². The Bertz CT molecular complexity index is 554. The lowest BCUT2D eigenvalue weighted by molar-refractivity contribution is -0.122. The second-order valence-corrected chi connectivity index (χ2v) is 8.66. The third kappa shape index (κ3) is 8.07. The van der Waals surface area contributed by atoms with Crippen molar-refractivity contribution in [2.24, 2.45) is 0 Å². The standard InChI is InChI=1S/C14H17Cl3IN3OS/c1-2-3-8-11(22)20-12(14(15,16)17)21-13(23)19-10-7-5-4-6-9(10)18/h4-7,12H,2-3,8H2,1H3,(H,20,22)(H2,19,21,23)/t12-/m0/s1. The fraction of sp³-hybridized carbons (Fsp3) is 0.429. The molecule has 0 spiro atoms. The van der Waals surface area contributed by atoms with Crippen LogP contribution in [0.15, 0.2) is 24.3 Å². The van der Waals surface area contributed by atoms with Crippen LogP contribution in [-0.4, -0.2) is 21.0 Å². The summed E-state index contributed by atoms with van der Waals surface area (Å²) >= 11 is 25.2. The van der Waals surface area contributed by atoms with Gasteiger partial charge in [0.15, 0.2) is 5.11 Å². The number of alkyl halides is 3. The van der Waals surface area contributed by atoms with Crippen LogP contribution in [0.5, 0.6) is 0 Å². The largest absolute Gasteiger partial charge is 0.339 e. The number of anilines is 1. The molecule has 128 valence electrons. The first-order valence-electron chi connectivity index (χ1n) is 6.92. The van der Waals surface area contributed by atoms with Crippen molar-refractivity contribution in [2.75, 3.05) is 5.32 Å². The van der Waals surface area contributed by atoms with E-state index in [-0.39, 0.29) is 11.0 Å². The van der Waals surface area contributed by atoms with Gasteiger partial charge in [-0.15, -0.1) is 0 Å². The Morgan fingerprint density at radius 1 is 1.30 bits per heavy atom. The highest BCUT2D eigenvalue weighted by molar-refractivity contribution is 14.1. The van der Waals surface area contributed by atoms with Gasteiger partial charge in [-0.05, 0) is 53.4 Å². The summed E-state index contributed by atoms with van der Waals surface area (Å²) in [5, 5.41) is 8.74. The highest BCUT2D eigenvalue weighted by Gasteiger charge is 2.34. The lowest BCUT2D eigenvalue weighted by Crippen LogP contribution is -2.56. The van der Waals surface area contributed by atoms with Crippen LogP contribution in [0.4, 0.5) is 5.69 Å². The Morgan fingerprint density at radius 2 is 1.96 bits per heavy atom. The molecule has 9 heteroatoms. The molecule has 1 rings (SSSR count). The van der Waals surface area contributed by atoms with Gasteiger partial charge >= 0.3 is 0 Å². The monoisotopic (exact) mass is 507 g/mol. The van der Waals surface area contributed by atoms with Crippen molar-refractivity contribution in [1.29, 1.82) is 0 Å². The van der Waals surface area contributed by atoms with Crippen molar-refractivity contribution < 1.29 is 4.79 Å². The fourth-order valence-electron chi connectivity index (χ4n) is 1.62. The maximum atomic E-state index is 11.9. The van der Waals surface area contributed by atoms with E-state index >= 15 is 0 Å². The van der Waals surface area contributed by atoms with Crippen molar-refractivity contribution >= 4 is 86.3 Å². The summed E-state index contributed by atoms with van der Waals surface area (Å²) in [6.45, 7) is 2.00. The van der Waals surface area contributed by atoms with E-state index in [0.717, 1.165) is 22.1 Å². The lowest BCUT2D eigenvalue weighted by Gasteiger charge is -2.28. The summed E-state index contributed by atoms with van der Waals surface area (Å²) in [6, 6.07) is 7.61. The molecule has 0 unspecified atom stereocenters. The average molecular weight is 509 g/mol. The first kappa shape index (κ1) is 21.0. The van der Waals surface area contributed by atoms with Crippen LogP contribution < -0.4 is 16.0 Å². The molecule has 4 nitrogen and oxygen atoms in total. The Morgan fingerprint density at radius 3 is 2.52 bits per heavy atom. The molecular formula is C14H17Cl3IN3OS. The van der Waals surface area contributed by atoms with E-state index in [0.29, 0.717) is 6.42 Å². The Balaban J connectivity index is 2.68. The summed E-state index contributed by atoms with van der Waals surface area (Å²) in [4.78, 5) is 11.9. The lowest BCUT2D eigenvalue weighted by atomic mass is 10.2. The zero-order valence-corrected chi connectivity index (χ0v) is 17.6. The van der Waals surface area contributed by atoms with Gasteiger partial charge in [0.2, 0.25) is 9.70 Å². The molecule has 1 amide bonds. The number of para-hydroxylation sites is 1. The van der Waals surface area contributed by atoms with E-state index in [9.17, 15) is 4.79 Å². The van der Waals surface area contributed by atoms with Gasteiger partial charge in [-0.1, -0.05) is 60.3 Å². The minimum atomic E-state index is -1.74. The topological polar surface area (TPSA) is 53.2 Å². The number of rotatable bonds is 6. The predicted octanol–water partition coefficient (Wildman–Crippen LogP) is 4.58. The van der Waals surface area contributed by atoms with E-state index in [1.54, 1.807) is 0 Å². The van der Waals surface area contributed by atoms with Gasteiger partial charge in [-0.2, -0.15) is 0 Å². The first-order chi connectivity index (χ1) is 10.7. The minimum absolute atomic E-state index is 0.201. The highest BCUT2D eigenvalue weighted by Crippen LogP contribution is 2.29. The van der Waals surface area contributed by atoms with Crippen LogP contribution >= 0.6 is 69.6 Å². The van der Waals surface area contributed by atoms with Crippen LogP contribution in [0, 0.1) is 3.57 Å². The summed E-state index contributed by atoms with van der Waals surface area (Å²) in [5.41, 5.74) is 0.825. The molecule has 0 fully saturated rings. The molecular weight excluding hydrogens is 492 g/mol. The van der Waals surface area contributed by atoms with Crippen molar-refractivity contribution in [3.8, 4) is 0 Å². The smallest absolute Gasteiger partial charge is 0.228 e. The number of carbonyl (C=O) groups is 1. The molecule has 0 heterocycles.